The maximum Gasteiger partial charge on any atom is 0.256 e. The van der Waals surface area contributed by atoms with Crippen LogP contribution in [0.4, 0.5) is 13.2 Å². The number of hydrogen-bond acceptors (Lipinski definition) is 2. The summed E-state index contributed by atoms with van der Waals surface area (Å²) in [7, 11) is 0. The Morgan fingerprint density at radius 3 is 2.61 bits per heavy atom. The topological polar surface area (TPSA) is 31.2 Å². The van der Waals surface area contributed by atoms with Gasteiger partial charge in [-0.15, -0.1) is 6.07 Å². The average Bonchev–Trinajstić information content (AvgIpc) is 2.45. The van der Waals surface area contributed by atoms with Crippen molar-refractivity contribution < 1.29 is 50.6 Å². The standard InChI is InChI=1S/C16H15F3NO2.Y/c1-3-22-11-5-6-12(13(17)8-11)14-7-4-10(2)16(21)20(14)9-15(18)19;/h4-6,8,15H,3,9H2,1-2H3;/q-1;. The third kappa shape index (κ3) is 4.67. The fourth-order valence-corrected chi connectivity index (χ4v) is 2.11. The molecule has 2 aromatic rings. The van der Waals surface area contributed by atoms with Gasteiger partial charge in [0.1, 0.15) is 5.75 Å². The van der Waals surface area contributed by atoms with Crippen LogP contribution in [-0.2, 0) is 39.3 Å². The SMILES string of the molecule is CCOc1ccc(-c2[c-]cc(C)c(=O)n2CC(F)F)c(F)c1.[Y]. The van der Waals surface area contributed by atoms with Crippen LogP contribution in [0.2, 0.25) is 0 Å². The molecule has 0 aliphatic heterocycles. The van der Waals surface area contributed by atoms with Crippen LogP contribution in [0.15, 0.2) is 29.1 Å². The van der Waals surface area contributed by atoms with Gasteiger partial charge in [-0.05, 0) is 13.0 Å². The molecule has 0 saturated heterocycles. The van der Waals surface area contributed by atoms with E-state index in [0.29, 0.717) is 12.4 Å². The van der Waals surface area contributed by atoms with Crippen LogP contribution in [0.3, 0.4) is 0 Å². The van der Waals surface area contributed by atoms with Crippen molar-refractivity contribution in [2.75, 3.05) is 6.61 Å². The van der Waals surface area contributed by atoms with E-state index < -0.39 is 24.3 Å². The molecule has 1 aromatic heterocycles. The van der Waals surface area contributed by atoms with E-state index in [0.717, 1.165) is 10.6 Å². The molecule has 1 aromatic carbocycles. The van der Waals surface area contributed by atoms with E-state index in [1.165, 1.54) is 25.1 Å². The Kier molecular flexibility index (Phi) is 7.48. The van der Waals surface area contributed by atoms with Crippen LogP contribution in [0, 0.1) is 18.8 Å². The Morgan fingerprint density at radius 1 is 1.35 bits per heavy atom. The first-order chi connectivity index (χ1) is 10.4. The van der Waals surface area contributed by atoms with Crippen LogP contribution in [-0.4, -0.2) is 17.6 Å². The quantitative estimate of drug-likeness (QED) is 0.722. The molecule has 7 heteroatoms. The molecule has 121 valence electrons. The van der Waals surface area contributed by atoms with E-state index in [4.69, 9.17) is 4.74 Å². The smallest absolute Gasteiger partial charge is 0.256 e. The summed E-state index contributed by atoms with van der Waals surface area (Å²) in [4.78, 5) is 12.0. The van der Waals surface area contributed by atoms with E-state index >= 15 is 0 Å². The number of pyridine rings is 1. The fraction of sp³-hybridized carbons (Fsp3) is 0.312. The number of nitrogens with zero attached hydrogens (tertiary/aromatic N) is 1. The van der Waals surface area contributed by atoms with Crippen molar-refractivity contribution in [1.82, 2.24) is 4.57 Å². The third-order valence-corrected chi connectivity index (χ3v) is 3.11. The predicted octanol–water partition coefficient (Wildman–Crippen LogP) is 3.42. The first kappa shape index (κ1) is 19.9. The normalized spacial score (nSPS) is 10.5. The van der Waals surface area contributed by atoms with Gasteiger partial charge >= 0.3 is 0 Å². The molecule has 0 bridgehead atoms. The molecule has 0 N–H and O–H groups in total. The largest absolute Gasteiger partial charge is 0.494 e. The molecule has 0 spiro atoms. The van der Waals surface area contributed by atoms with E-state index in [1.807, 2.05) is 0 Å². The molecule has 0 saturated carbocycles. The molecule has 3 nitrogen and oxygen atoms in total. The molecule has 1 heterocycles. The number of alkyl halides is 2. The second-order valence-corrected chi connectivity index (χ2v) is 4.70. The van der Waals surface area contributed by atoms with Gasteiger partial charge in [0, 0.05) is 38.8 Å². The van der Waals surface area contributed by atoms with Crippen molar-refractivity contribution >= 4 is 0 Å². The third-order valence-electron chi connectivity index (χ3n) is 3.11. The van der Waals surface area contributed by atoms with Gasteiger partial charge in [0.2, 0.25) is 0 Å². The van der Waals surface area contributed by atoms with Crippen molar-refractivity contribution in [3.63, 3.8) is 0 Å². The monoisotopic (exact) mass is 399 g/mol. The zero-order valence-corrected chi connectivity index (χ0v) is 15.6. The zero-order valence-electron chi connectivity index (χ0n) is 12.8. The van der Waals surface area contributed by atoms with E-state index in [1.54, 1.807) is 6.92 Å². The summed E-state index contributed by atoms with van der Waals surface area (Å²) in [6.45, 7) is 2.84. The molecule has 2 rings (SSSR count). The summed E-state index contributed by atoms with van der Waals surface area (Å²) in [5.74, 6) is -0.327. The van der Waals surface area contributed by atoms with Crippen molar-refractivity contribution in [2.45, 2.75) is 26.8 Å². The Labute approximate surface area is 157 Å². The van der Waals surface area contributed by atoms with Gasteiger partial charge in [0.05, 0.1) is 19.0 Å². The minimum absolute atomic E-state index is 0. The molecule has 0 unspecified atom stereocenters. The molecular weight excluding hydrogens is 384 g/mol. The van der Waals surface area contributed by atoms with Crippen LogP contribution >= 0.6 is 0 Å². The van der Waals surface area contributed by atoms with Crippen molar-refractivity contribution in [3.05, 3.63) is 52.1 Å². The minimum Gasteiger partial charge on any atom is -0.494 e. The number of benzene rings is 1. The molecule has 0 aliphatic rings. The summed E-state index contributed by atoms with van der Waals surface area (Å²) in [6.07, 6.45) is -2.72. The summed E-state index contributed by atoms with van der Waals surface area (Å²) in [6, 6.07) is 8.15. The molecule has 0 amide bonds. The van der Waals surface area contributed by atoms with Gasteiger partial charge in [-0.3, -0.25) is 4.79 Å². The van der Waals surface area contributed by atoms with E-state index in [9.17, 15) is 18.0 Å². The van der Waals surface area contributed by atoms with Gasteiger partial charge in [0.15, 0.2) is 5.56 Å². The van der Waals surface area contributed by atoms with Crippen molar-refractivity contribution in [3.8, 4) is 17.0 Å². The number of rotatable bonds is 5. The minimum atomic E-state index is -2.72. The van der Waals surface area contributed by atoms with Gasteiger partial charge < -0.3 is 9.30 Å². The van der Waals surface area contributed by atoms with E-state index in [2.05, 4.69) is 6.07 Å². The summed E-state index contributed by atoms with van der Waals surface area (Å²) in [5, 5.41) is 0. The van der Waals surface area contributed by atoms with Crippen LogP contribution in [0.25, 0.3) is 11.3 Å². The molecule has 0 atom stereocenters. The van der Waals surface area contributed by atoms with Gasteiger partial charge in [-0.2, -0.15) is 12.1 Å². The molecule has 0 fully saturated rings. The van der Waals surface area contributed by atoms with Gasteiger partial charge in [0.25, 0.3) is 6.43 Å². The molecule has 23 heavy (non-hydrogen) atoms. The first-order valence-corrected chi connectivity index (χ1v) is 6.77. The van der Waals surface area contributed by atoms with Crippen molar-refractivity contribution in [2.24, 2.45) is 0 Å². The zero-order chi connectivity index (χ0) is 16.3. The predicted molar refractivity (Wildman–Crippen MR) is 76.8 cm³/mol. The number of halogens is 3. The second kappa shape index (κ2) is 8.64. The van der Waals surface area contributed by atoms with Crippen LogP contribution < -0.4 is 10.3 Å². The van der Waals surface area contributed by atoms with Gasteiger partial charge in [-0.1, -0.05) is 23.7 Å². The van der Waals surface area contributed by atoms with Crippen LogP contribution in [0.5, 0.6) is 5.75 Å². The first-order valence-electron chi connectivity index (χ1n) is 6.77. The van der Waals surface area contributed by atoms with Crippen molar-refractivity contribution in [1.29, 1.82) is 0 Å². The Hall–Kier alpha value is -1.14. The average molecular weight is 399 g/mol. The summed E-state index contributed by atoms with van der Waals surface area (Å²) in [5.41, 5.74) is -0.282. The van der Waals surface area contributed by atoms with Gasteiger partial charge in [-0.25, -0.2) is 13.2 Å². The summed E-state index contributed by atoms with van der Waals surface area (Å²) < 4.78 is 45.6. The number of ether oxygens (including phenoxy) is 1. The molecule has 1 radical (unpaired) electrons. The second-order valence-electron chi connectivity index (χ2n) is 4.70. The number of aromatic nitrogens is 1. The summed E-state index contributed by atoms with van der Waals surface area (Å²) >= 11 is 0. The maximum atomic E-state index is 14.2. The Morgan fingerprint density at radius 2 is 2.04 bits per heavy atom. The Balaban J connectivity index is 0.00000264. The van der Waals surface area contributed by atoms with Crippen LogP contribution in [0.1, 0.15) is 12.5 Å². The number of hydrogen-bond donors (Lipinski definition) is 0. The molecule has 0 aliphatic carbocycles. The molecular formula is C16H15F3NO2Y-. The fourth-order valence-electron chi connectivity index (χ4n) is 2.11. The van der Waals surface area contributed by atoms with E-state index in [-0.39, 0.29) is 49.5 Å². The number of aryl methyl sites for hydroxylation is 1. The Bertz CT molecular complexity index is 732. The maximum absolute atomic E-state index is 14.2.